The Morgan fingerprint density at radius 2 is 0.957 bits per heavy atom. The van der Waals surface area contributed by atoms with Crippen LogP contribution < -0.4 is 19.7 Å². The Morgan fingerprint density at radius 1 is 0.426 bits per heavy atom. The summed E-state index contributed by atoms with van der Waals surface area (Å²) >= 11 is 0. The molecule has 0 bridgehead atoms. The minimum Gasteiger partial charge on any atom is -0.456 e. The lowest BCUT2D eigenvalue weighted by atomic mass is 9.93. The minimum absolute atomic E-state index is 0.856. The fourth-order valence-corrected chi connectivity index (χ4v) is 7.82. The molecule has 0 saturated carbocycles. The lowest BCUT2D eigenvalue weighted by Crippen LogP contribution is -2.37. The van der Waals surface area contributed by atoms with Crippen LogP contribution in [0.3, 0.4) is 0 Å². The fourth-order valence-electron chi connectivity index (χ4n) is 6.65. The molecule has 4 heteroatoms. The largest absolute Gasteiger partial charge is 0.456 e. The second kappa shape index (κ2) is 11.7. The average molecular weight is 625 g/mol. The standard InChI is InChI=1S/C43H36N2OSi/c1-47(2,3)36-25-22-34(23-26-36)45(33-18-11-6-12-19-33)40-29-28-38-37-27-24-35(30-42(37)46-41-21-13-20-39(40)43(38)41)44(31-14-7-4-8-15-31)32-16-9-5-10-17-32/h4-30H,1-3H3. The number of fused-ring (bicyclic) bond motifs is 2. The Labute approximate surface area is 278 Å². The first kappa shape index (κ1) is 28.9. The van der Waals surface area contributed by atoms with E-state index in [1.807, 2.05) is 0 Å². The summed E-state index contributed by atoms with van der Waals surface area (Å²) in [5.74, 6) is 1.73. The lowest BCUT2D eigenvalue weighted by molar-refractivity contribution is 0.487. The number of para-hydroxylation sites is 3. The summed E-state index contributed by atoms with van der Waals surface area (Å²) in [4.78, 5) is 4.64. The van der Waals surface area contributed by atoms with Crippen LogP contribution in [-0.2, 0) is 0 Å². The van der Waals surface area contributed by atoms with Crippen LogP contribution in [-0.4, -0.2) is 8.07 Å². The summed E-state index contributed by atoms with van der Waals surface area (Å²) in [6.45, 7) is 7.18. The topological polar surface area (TPSA) is 15.7 Å². The summed E-state index contributed by atoms with van der Waals surface area (Å²) in [6.07, 6.45) is 0. The van der Waals surface area contributed by atoms with Gasteiger partial charge in [-0.15, -0.1) is 0 Å². The van der Waals surface area contributed by atoms with Crippen molar-refractivity contribution in [3.8, 4) is 22.6 Å². The molecule has 0 N–H and O–H groups in total. The van der Waals surface area contributed by atoms with Gasteiger partial charge in [-0.3, -0.25) is 0 Å². The summed E-state index contributed by atoms with van der Waals surface area (Å²) in [7, 11) is -1.43. The highest BCUT2D eigenvalue weighted by molar-refractivity contribution is 6.88. The summed E-state index contributed by atoms with van der Waals surface area (Å²) in [5, 5.41) is 3.74. The molecule has 1 aliphatic rings. The molecule has 0 saturated heterocycles. The van der Waals surface area contributed by atoms with E-state index in [1.165, 1.54) is 10.8 Å². The van der Waals surface area contributed by atoms with Crippen molar-refractivity contribution in [2.75, 3.05) is 9.80 Å². The quantitative estimate of drug-likeness (QED) is 0.164. The Morgan fingerprint density at radius 3 is 1.55 bits per heavy atom. The lowest BCUT2D eigenvalue weighted by Gasteiger charge is -2.30. The van der Waals surface area contributed by atoms with Crippen molar-refractivity contribution >= 4 is 58.2 Å². The third kappa shape index (κ3) is 5.27. The smallest absolute Gasteiger partial charge is 0.137 e. The van der Waals surface area contributed by atoms with Crippen molar-refractivity contribution in [3.05, 3.63) is 164 Å². The molecule has 228 valence electrons. The summed E-state index contributed by atoms with van der Waals surface area (Å²) < 4.78 is 6.77. The maximum absolute atomic E-state index is 6.77. The van der Waals surface area contributed by atoms with Crippen molar-refractivity contribution in [3.63, 3.8) is 0 Å². The molecule has 1 heterocycles. The molecular weight excluding hydrogens is 589 g/mol. The molecule has 0 unspecified atom stereocenters. The second-order valence-electron chi connectivity index (χ2n) is 13.1. The van der Waals surface area contributed by atoms with Crippen LogP contribution in [0, 0.1) is 0 Å². The molecule has 0 aromatic heterocycles. The Balaban J connectivity index is 1.26. The molecule has 7 aromatic carbocycles. The van der Waals surface area contributed by atoms with Gasteiger partial charge in [-0.05, 0) is 78.4 Å². The summed E-state index contributed by atoms with van der Waals surface area (Å²) in [5.41, 5.74) is 8.91. The Hall–Kier alpha value is -5.58. The van der Waals surface area contributed by atoms with Gasteiger partial charge in [0.25, 0.3) is 0 Å². The average Bonchev–Trinajstić information content (AvgIpc) is 3.10. The molecule has 7 aromatic rings. The molecular formula is C43H36N2OSi. The molecule has 8 rings (SSSR count). The van der Waals surface area contributed by atoms with Crippen LogP contribution in [0.1, 0.15) is 0 Å². The van der Waals surface area contributed by atoms with Crippen LogP contribution in [0.5, 0.6) is 11.5 Å². The molecule has 0 spiro atoms. The SMILES string of the molecule is C[Si](C)(C)c1ccc(N(c2ccccc2)c2ccc3c4c(cccc24)Oc2cc(N(c4ccccc4)c4ccccc4)ccc2-3)cc1. The number of hydrogen-bond donors (Lipinski definition) is 0. The van der Waals surface area contributed by atoms with E-state index in [0.29, 0.717) is 0 Å². The third-order valence-electron chi connectivity index (χ3n) is 8.99. The van der Waals surface area contributed by atoms with Crippen molar-refractivity contribution in [2.24, 2.45) is 0 Å². The van der Waals surface area contributed by atoms with Crippen LogP contribution in [0.25, 0.3) is 21.9 Å². The van der Waals surface area contributed by atoms with Crippen LogP contribution in [0.4, 0.5) is 34.1 Å². The second-order valence-corrected chi connectivity index (χ2v) is 18.1. The normalized spacial score (nSPS) is 11.9. The van der Waals surface area contributed by atoms with Crippen LogP contribution in [0.2, 0.25) is 19.6 Å². The molecule has 0 atom stereocenters. The van der Waals surface area contributed by atoms with Gasteiger partial charge in [-0.25, -0.2) is 0 Å². The van der Waals surface area contributed by atoms with Crippen molar-refractivity contribution in [1.29, 1.82) is 0 Å². The van der Waals surface area contributed by atoms with Gasteiger partial charge in [0.1, 0.15) is 11.5 Å². The highest BCUT2D eigenvalue weighted by Crippen LogP contribution is 2.51. The zero-order chi connectivity index (χ0) is 32.0. The van der Waals surface area contributed by atoms with E-state index in [4.69, 9.17) is 4.74 Å². The number of rotatable bonds is 7. The maximum atomic E-state index is 6.77. The van der Waals surface area contributed by atoms with Gasteiger partial charge in [0.2, 0.25) is 0 Å². The zero-order valence-corrected chi connectivity index (χ0v) is 27.9. The van der Waals surface area contributed by atoms with E-state index in [-0.39, 0.29) is 0 Å². The van der Waals surface area contributed by atoms with Crippen molar-refractivity contribution in [1.82, 2.24) is 0 Å². The van der Waals surface area contributed by atoms with Gasteiger partial charge < -0.3 is 14.5 Å². The Kier molecular flexibility index (Phi) is 7.15. The first-order valence-corrected chi connectivity index (χ1v) is 19.7. The van der Waals surface area contributed by atoms with Gasteiger partial charge in [0.15, 0.2) is 0 Å². The molecule has 0 aliphatic carbocycles. The zero-order valence-electron chi connectivity index (χ0n) is 26.9. The first-order chi connectivity index (χ1) is 23.0. The number of hydrogen-bond acceptors (Lipinski definition) is 3. The van der Waals surface area contributed by atoms with Gasteiger partial charge in [0, 0.05) is 50.8 Å². The molecule has 3 nitrogen and oxygen atoms in total. The number of benzene rings is 7. The first-order valence-electron chi connectivity index (χ1n) is 16.2. The summed E-state index contributed by atoms with van der Waals surface area (Å²) in [6, 6.07) is 58.3. The predicted molar refractivity (Wildman–Crippen MR) is 202 cm³/mol. The Bertz CT molecular complexity index is 2150. The number of nitrogens with zero attached hydrogens (tertiary/aromatic N) is 2. The molecule has 0 amide bonds. The van der Waals surface area contributed by atoms with Gasteiger partial charge in [-0.1, -0.05) is 110 Å². The number of anilines is 6. The van der Waals surface area contributed by atoms with Crippen LogP contribution >= 0.6 is 0 Å². The van der Waals surface area contributed by atoms with E-state index in [9.17, 15) is 0 Å². The highest BCUT2D eigenvalue weighted by Gasteiger charge is 2.26. The minimum atomic E-state index is -1.43. The monoisotopic (exact) mass is 624 g/mol. The van der Waals surface area contributed by atoms with E-state index < -0.39 is 8.07 Å². The van der Waals surface area contributed by atoms with E-state index in [0.717, 1.165) is 62.0 Å². The third-order valence-corrected chi connectivity index (χ3v) is 11.1. The van der Waals surface area contributed by atoms with Crippen LogP contribution in [0.15, 0.2) is 164 Å². The molecule has 47 heavy (non-hydrogen) atoms. The van der Waals surface area contributed by atoms with E-state index >= 15 is 0 Å². The van der Waals surface area contributed by atoms with Gasteiger partial charge in [-0.2, -0.15) is 0 Å². The maximum Gasteiger partial charge on any atom is 0.137 e. The fraction of sp³-hybridized carbons (Fsp3) is 0.0698. The van der Waals surface area contributed by atoms with Crippen molar-refractivity contribution in [2.45, 2.75) is 19.6 Å². The molecule has 0 radical (unpaired) electrons. The molecule has 1 aliphatic heterocycles. The predicted octanol–water partition coefficient (Wildman–Crippen LogP) is 12.1. The molecule has 0 fully saturated rings. The number of ether oxygens (including phenoxy) is 1. The highest BCUT2D eigenvalue weighted by atomic mass is 28.3. The van der Waals surface area contributed by atoms with Gasteiger partial charge >= 0.3 is 0 Å². The van der Waals surface area contributed by atoms with Crippen molar-refractivity contribution < 1.29 is 4.74 Å². The van der Waals surface area contributed by atoms with Gasteiger partial charge in [0.05, 0.1) is 13.8 Å². The van der Waals surface area contributed by atoms with E-state index in [2.05, 4.69) is 193 Å². The van der Waals surface area contributed by atoms with E-state index in [1.54, 1.807) is 0 Å².